The van der Waals surface area contributed by atoms with Gasteiger partial charge in [0.15, 0.2) is 17.5 Å². The topological polar surface area (TPSA) is 93.1 Å². The molecule has 1 aromatic heterocycles. The van der Waals surface area contributed by atoms with E-state index in [2.05, 4.69) is 5.32 Å². The first-order valence-corrected chi connectivity index (χ1v) is 10.6. The molecule has 2 rings (SSSR count). The van der Waals surface area contributed by atoms with Crippen molar-refractivity contribution in [3.05, 3.63) is 60.4 Å². The van der Waals surface area contributed by atoms with Crippen LogP contribution >= 0.6 is 11.8 Å². The van der Waals surface area contributed by atoms with Crippen molar-refractivity contribution in [1.29, 1.82) is 0 Å². The average Bonchev–Trinajstić information content (AvgIpc) is 2.72. The Bertz CT molecular complexity index is 849. The highest BCUT2D eigenvalue weighted by Gasteiger charge is 2.25. The van der Waals surface area contributed by atoms with Crippen molar-refractivity contribution in [2.45, 2.75) is 50.6 Å². The Balaban J connectivity index is 0.00000450. The molecular formula is C22H28ClN3O3S. The molecule has 8 heteroatoms. The number of amides is 2. The number of thioether (sulfide) groups is 1. The number of pyridine rings is 1. The molecule has 162 valence electrons. The molecule has 2 amide bonds. The van der Waals surface area contributed by atoms with Crippen LogP contribution in [0.15, 0.2) is 59.8 Å². The predicted octanol–water partition coefficient (Wildman–Crippen LogP) is -0.293. The second-order valence-corrected chi connectivity index (χ2v) is 8.03. The van der Waals surface area contributed by atoms with Gasteiger partial charge in [0, 0.05) is 29.9 Å². The van der Waals surface area contributed by atoms with Crippen LogP contribution in [0.4, 0.5) is 0 Å². The Morgan fingerprint density at radius 3 is 2.40 bits per heavy atom. The van der Waals surface area contributed by atoms with E-state index < -0.39 is 17.9 Å². The molecule has 1 heterocycles. The third-order valence-electron chi connectivity index (χ3n) is 4.74. The van der Waals surface area contributed by atoms with Crippen LogP contribution in [0.5, 0.6) is 0 Å². The van der Waals surface area contributed by atoms with Gasteiger partial charge >= 0.3 is 0 Å². The van der Waals surface area contributed by atoms with Crippen LogP contribution in [0.1, 0.15) is 43.5 Å². The minimum atomic E-state index is -0.746. The fourth-order valence-corrected chi connectivity index (χ4v) is 3.76. The zero-order chi connectivity index (χ0) is 21.2. The van der Waals surface area contributed by atoms with Crippen molar-refractivity contribution in [3.63, 3.8) is 0 Å². The highest BCUT2D eigenvalue weighted by molar-refractivity contribution is 8.13. The van der Waals surface area contributed by atoms with E-state index in [1.807, 2.05) is 49.0 Å². The van der Waals surface area contributed by atoms with E-state index in [-0.39, 0.29) is 23.4 Å². The molecule has 0 aliphatic rings. The van der Waals surface area contributed by atoms with Crippen LogP contribution in [0, 0.1) is 5.92 Å². The van der Waals surface area contributed by atoms with Gasteiger partial charge in [-0.05, 0) is 18.1 Å². The largest absolute Gasteiger partial charge is 1.00 e. The maximum absolute atomic E-state index is 12.7. The number of rotatable bonds is 10. The fourth-order valence-electron chi connectivity index (χ4n) is 2.85. The first-order valence-electron chi connectivity index (χ1n) is 9.76. The molecule has 30 heavy (non-hydrogen) atoms. The maximum atomic E-state index is 12.7. The molecule has 0 saturated carbocycles. The van der Waals surface area contributed by atoms with E-state index in [1.54, 1.807) is 24.3 Å². The van der Waals surface area contributed by atoms with Gasteiger partial charge in [0.2, 0.25) is 5.91 Å². The molecule has 0 radical (unpaired) electrons. The Morgan fingerprint density at radius 2 is 1.77 bits per heavy atom. The molecule has 1 aromatic carbocycles. The van der Waals surface area contributed by atoms with Gasteiger partial charge in [-0.15, -0.1) is 0 Å². The van der Waals surface area contributed by atoms with Gasteiger partial charge < -0.3 is 23.5 Å². The number of aromatic nitrogens is 1. The zero-order valence-electron chi connectivity index (χ0n) is 17.2. The summed E-state index contributed by atoms with van der Waals surface area (Å²) in [5, 5.41) is 2.72. The molecular weight excluding hydrogens is 422 g/mol. The quantitative estimate of drug-likeness (QED) is 0.385. The number of benzene rings is 1. The number of nitrogens with one attached hydrogen (secondary N) is 1. The van der Waals surface area contributed by atoms with Gasteiger partial charge in [-0.3, -0.25) is 14.4 Å². The van der Waals surface area contributed by atoms with Crippen LogP contribution < -0.4 is 28.0 Å². The van der Waals surface area contributed by atoms with Crippen molar-refractivity contribution in [1.82, 2.24) is 5.32 Å². The summed E-state index contributed by atoms with van der Waals surface area (Å²) in [4.78, 5) is 37.4. The maximum Gasteiger partial charge on any atom is 0.253 e. The Morgan fingerprint density at radius 1 is 1.10 bits per heavy atom. The van der Waals surface area contributed by atoms with Gasteiger partial charge in [-0.1, -0.05) is 50.2 Å². The van der Waals surface area contributed by atoms with Crippen molar-refractivity contribution in [2.75, 3.05) is 0 Å². The van der Waals surface area contributed by atoms with Crippen LogP contribution in [0.2, 0.25) is 0 Å². The molecule has 0 fully saturated rings. The summed E-state index contributed by atoms with van der Waals surface area (Å²) >= 11 is 1.06. The number of carbonyl (C=O) groups excluding carboxylic acids is 3. The van der Waals surface area contributed by atoms with Gasteiger partial charge in [0.1, 0.15) is 12.6 Å². The lowest BCUT2D eigenvalue weighted by Crippen LogP contribution is -3.00. The number of nitrogens with zero attached hydrogens (tertiary/aromatic N) is 1. The number of hydrogen-bond donors (Lipinski definition) is 2. The average molecular weight is 450 g/mol. The lowest BCUT2D eigenvalue weighted by molar-refractivity contribution is -0.697. The molecule has 2 unspecified atom stereocenters. The Labute approximate surface area is 188 Å². The minimum absolute atomic E-state index is 0. The van der Waals surface area contributed by atoms with Crippen molar-refractivity contribution in [2.24, 2.45) is 11.7 Å². The van der Waals surface area contributed by atoms with Crippen LogP contribution in [-0.4, -0.2) is 23.0 Å². The number of hydrogen-bond acceptors (Lipinski definition) is 4. The number of carbonyl (C=O) groups is 3. The SMILES string of the molecule is CCC(C)C(NC(=O)c1ccccc1SC(=O)CCC[n+]1ccccc1)C(N)=O.[Cl-]. The molecule has 0 aliphatic carbocycles. The Kier molecular flexibility index (Phi) is 11.1. The molecule has 0 bridgehead atoms. The molecule has 3 N–H and O–H groups in total. The van der Waals surface area contributed by atoms with Crippen molar-refractivity contribution >= 4 is 28.7 Å². The molecule has 0 aliphatic heterocycles. The van der Waals surface area contributed by atoms with Gasteiger partial charge in [-0.2, -0.15) is 0 Å². The molecule has 0 saturated heterocycles. The van der Waals surface area contributed by atoms with Crippen LogP contribution in [0.3, 0.4) is 0 Å². The third-order valence-corrected chi connectivity index (χ3v) is 5.74. The highest BCUT2D eigenvalue weighted by Crippen LogP contribution is 2.25. The van der Waals surface area contributed by atoms with Crippen LogP contribution in [0.25, 0.3) is 0 Å². The summed E-state index contributed by atoms with van der Waals surface area (Å²) in [6, 6.07) is 12.0. The number of nitrogens with two attached hydrogens (primary N) is 1. The first-order chi connectivity index (χ1) is 13.9. The number of halogens is 1. The highest BCUT2D eigenvalue weighted by atomic mass is 35.5. The fraction of sp³-hybridized carbons (Fsp3) is 0.364. The minimum Gasteiger partial charge on any atom is -1.00 e. The summed E-state index contributed by atoms with van der Waals surface area (Å²) in [6.07, 6.45) is 5.75. The van der Waals surface area contributed by atoms with E-state index >= 15 is 0 Å². The van der Waals surface area contributed by atoms with E-state index in [0.29, 0.717) is 29.7 Å². The normalized spacial score (nSPS) is 12.3. The number of primary amides is 1. The van der Waals surface area contributed by atoms with E-state index in [1.165, 1.54) is 0 Å². The monoisotopic (exact) mass is 449 g/mol. The number of aryl methyl sites for hydroxylation is 1. The summed E-state index contributed by atoms with van der Waals surface area (Å²) in [7, 11) is 0. The molecule has 6 nitrogen and oxygen atoms in total. The third kappa shape index (κ3) is 7.80. The first kappa shape index (κ1) is 25.7. The molecule has 0 spiro atoms. The molecule has 2 aromatic rings. The van der Waals surface area contributed by atoms with Gasteiger partial charge in [0.05, 0.1) is 5.56 Å². The lowest BCUT2D eigenvalue weighted by Gasteiger charge is -2.21. The van der Waals surface area contributed by atoms with E-state index in [9.17, 15) is 14.4 Å². The summed E-state index contributed by atoms with van der Waals surface area (Å²) in [5.41, 5.74) is 5.82. The van der Waals surface area contributed by atoms with Gasteiger partial charge in [0.25, 0.3) is 5.91 Å². The standard InChI is InChI=1S/C22H27N3O3S.ClH/c1-3-16(2)20(21(23)27)24-22(28)17-10-5-6-11-18(17)29-19(26)12-9-15-25-13-7-4-8-14-25;/h4-8,10-11,13-14,16,20H,3,9,12,15H2,1-2H3,(H2-,23,24,27,28);1H. The van der Waals surface area contributed by atoms with Crippen molar-refractivity contribution in [3.8, 4) is 0 Å². The summed E-state index contributed by atoms with van der Waals surface area (Å²) < 4.78 is 2.03. The second kappa shape index (κ2) is 13.0. The van der Waals surface area contributed by atoms with Crippen molar-refractivity contribution < 1.29 is 31.4 Å². The van der Waals surface area contributed by atoms with Crippen LogP contribution in [-0.2, 0) is 16.1 Å². The second-order valence-electron chi connectivity index (χ2n) is 6.93. The summed E-state index contributed by atoms with van der Waals surface area (Å²) in [5.74, 6) is -1.04. The Hall–Kier alpha value is -2.38. The molecule has 2 atom stereocenters. The van der Waals surface area contributed by atoms with E-state index in [4.69, 9.17) is 5.73 Å². The van der Waals surface area contributed by atoms with Gasteiger partial charge in [-0.25, -0.2) is 4.57 Å². The lowest BCUT2D eigenvalue weighted by atomic mass is 9.98. The zero-order valence-corrected chi connectivity index (χ0v) is 18.8. The smallest absolute Gasteiger partial charge is 0.253 e. The predicted molar refractivity (Wildman–Crippen MR) is 113 cm³/mol. The van der Waals surface area contributed by atoms with E-state index in [0.717, 1.165) is 18.3 Å². The summed E-state index contributed by atoms with van der Waals surface area (Å²) in [6.45, 7) is 4.55.